The molecule has 0 atom stereocenters. The number of hydrogen-bond donors (Lipinski definition) is 3. The molecule has 3 N–H and O–H groups in total. The fourth-order valence-electron chi connectivity index (χ4n) is 3.76. The molecule has 0 aliphatic heterocycles. The van der Waals surface area contributed by atoms with E-state index in [-0.39, 0.29) is 22.5 Å². The molecule has 0 radical (unpaired) electrons. The lowest BCUT2D eigenvalue weighted by Crippen LogP contribution is -2.17. The summed E-state index contributed by atoms with van der Waals surface area (Å²) in [5, 5.41) is 3.21. The molecule has 0 fully saturated rings. The van der Waals surface area contributed by atoms with E-state index in [2.05, 4.69) is 20.3 Å². The molecule has 0 aliphatic carbocycles. The van der Waals surface area contributed by atoms with Gasteiger partial charge in [0.05, 0.1) is 16.8 Å². The van der Waals surface area contributed by atoms with Crippen LogP contribution in [0.1, 0.15) is 21.5 Å². The third-order valence-corrected chi connectivity index (χ3v) is 7.07. The van der Waals surface area contributed by atoms with E-state index >= 15 is 4.39 Å². The van der Waals surface area contributed by atoms with Crippen LogP contribution in [0.25, 0.3) is 11.0 Å². The van der Waals surface area contributed by atoms with E-state index in [1.807, 2.05) is 35.9 Å². The number of aromatic amines is 1. The standard InChI is InChI=1S/C26H18F3N5O3S/c1-14-6-8-15(9-7-14)32-26-31-13-17-16(12-30-25(17)33-26)24(35)22-19(28)10-11-20(23(22)29)34-38(36,37)21-5-3-2-4-18(21)27/h2-13,34H,1H3,(H2,30,31,32,33). The number of H-pyrrole nitrogens is 1. The van der Waals surface area contributed by atoms with Crippen molar-refractivity contribution in [2.24, 2.45) is 0 Å². The Morgan fingerprint density at radius 3 is 2.42 bits per heavy atom. The van der Waals surface area contributed by atoms with Crippen molar-refractivity contribution in [3.63, 3.8) is 0 Å². The van der Waals surface area contributed by atoms with Crippen LogP contribution in [0.2, 0.25) is 0 Å². The second-order valence-corrected chi connectivity index (χ2v) is 9.95. The van der Waals surface area contributed by atoms with Crippen molar-refractivity contribution in [2.75, 3.05) is 10.0 Å². The number of fused-ring (bicyclic) bond motifs is 1. The van der Waals surface area contributed by atoms with Crippen molar-refractivity contribution in [1.29, 1.82) is 0 Å². The van der Waals surface area contributed by atoms with Gasteiger partial charge in [-0.25, -0.2) is 26.6 Å². The quantitative estimate of drug-likeness (QED) is 0.238. The molecule has 2 heterocycles. The highest BCUT2D eigenvalue weighted by molar-refractivity contribution is 7.92. The van der Waals surface area contributed by atoms with Gasteiger partial charge in [0, 0.05) is 23.5 Å². The summed E-state index contributed by atoms with van der Waals surface area (Å²) < 4.78 is 71.1. The molecule has 5 aromatic rings. The SMILES string of the molecule is Cc1ccc(Nc2ncc3c(C(=O)c4c(F)ccc(NS(=O)(=O)c5ccccc5F)c4F)c[nH]c3n2)cc1. The highest BCUT2D eigenvalue weighted by Crippen LogP contribution is 2.29. The van der Waals surface area contributed by atoms with Crippen molar-refractivity contribution >= 4 is 44.2 Å². The van der Waals surface area contributed by atoms with Gasteiger partial charge in [-0.1, -0.05) is 29.8 Å². The van der Waals surface area contributed by atoms with Gasteiger partial charge in [0.25, 0.3) is 10.0 Å². The van der Waals surface area contributed by atoms with Gasteiger partial charge in [0.1, 0.15) is 22.2 Å². The summed E-state index contributed by atoms with van der Waals surface area (Å²) in [6, 6.07) is 13.5. The normalized spacial score (nSPS) is 11.5. The van der Waals surface area contributed by atoms with Crippen LogP contribution in [0, 0.1) is 24.4 Å². The van der Waals surface area contributed by atoms with Gasteiger partial charge in [0.15, 0.2) is 5.82 Å². The molecule has 192 valence electrons. The number of hydrogen-bond acceptors (Lipinski definition) is 6. The summed E-state index contributed by atoms with van der Waals surface area (Å²) in [6.45, 7) is 1.95. The first-order chi connectivity index (χ1) is 18.1. The lowest BCUT2D eigenvalue weighted by molar-refractivity contribution is 0.103. The van der Waals surface area contributed by atoms with Crippen LogP contribution in [0.4, 0.5) is 30.5 Å². The highest BCUT2D eigenvalue weighted by Gasteiger charge is 2.27. The Bertz CT molecular complexity index is 1810. The van der Waals surface area contributed by atoms with Gasteiger partial charge >= 0.3 is 0 Å². The van der Waals surface area contributed by atoms with E-state index in [0.29, 0.717) is 0 Å². The van der Waals surface area contributed by atoms with E-state index in [1.54, 1.807) is 0 Å². The first-order valence-electron chi connectivity index (χ1n) is 11.1. The Balaban J connectivity index is 1.47. The van der Waals surface area contributed by atoms with Gasteiger partial charge in [-0.05, 0) is 43.3 Å². The molecule has 38 heavy (non-hydrogen) atoms. The number of aromatic nitrogens is 3. The van der Waals surface area contributed by atoms with Crippen molar-refractivity contribution < 1.29 is 26.4 Å². The van der Waals surface area contributed by atoms with Crippen LogP contribution < -0.4 is 10.0 Å². The number of sulfonamides is 1. The molecular weight excluding hydrogens is 519 g/mol. The molecule has 8 nitrogen and oxygen atoms in total. The molecule has 0 aliphatic rings. The largest absolute Gasteiger partial charge is 0.345 e. The zero-order chi connectivity index (χ0) is 27.0. The van der Waals surface area contributed by atoms with Crippen LogP contribution in [0.3, 0.4) is 0 Å². The van der Waals surface area contributed by atoms with Crippen LogP contribution >= 0.6 is 0 Å². The third-order valence-electron chi connectivity index (χ3n) is 5.67. The van der Waals surface area contributed by atoms with Crippen molar-refractivity contribution in [3.05, 3.63) is 107 Å². The summed E-state index contributed by atoms with van der Waals surface area (Å²) in [7, 11) is -4.58. The molecule has 0 unspecified atom stereocenters. The molecule has 0 saturated carbocycles. The van der Waals surface area contributed by atoms with E-state index in [9.17, 15) is 22.0 Å². The lowest BCUT2D eigenvalue weighted by atomic mass is 10.0. The molecule has 0 amide bonds. The first-order valence-corrected chi connectivity index (χ1v) is 12.6. The molecular formula is C26H18F3N5O3S. The summed E-state index contributed by atoms with van der Waals surface area (Å²) in [5.41, 5.74) is 0.184. The Labute approximate surface area is 214 Å². The number of nitrogens with zero attached hydrogens (tertiary/aromatic N) is 2. The number of ketones is 1. The second kappa shape index (κ2) is 9.63. The predicted molar refractivity (Wildman–Crippen MR) is 135 cm³/mol. The average molecular weight is 538 g/mol. The zero-order valence-corrected chi connectivity index (χ0v) is 20.4. The van der Waals surface area contributed by atoms with Crippen LogP contribution in [-0.4, -0.2) is 29.2 Å². The summed E-state index contributed by atoms with van der Waals surface area (Å²) in [5.74, 6) is -4.57. The lowest BCUT2D eigenvalue weighted by Gasteiger charge is -2.12. The van der Waals surface area contributed by atoms with E-state index in [4.69, 9.17) is 0 Å². The van der Waals surface area contributed by atoms with Crippen LogP contribution in [0.15, 0.2) is 78.0 Å². The monoisotopic (exact) mass is 537 g/mol. The summed E-state index contributed by atoms with van der Waals surface area (Å²) in [6.07, 6.45) is 2.55. The minimum Gasteiger partial charge on any atom is -0.345 e. The number of carbonyl (C=O) groups is 1. The fraction of sp³-hybridized carbons (Fsp3) is 0.0385. The molecule has 12 heteroatoms. The van der Waals surface area contributed by atoms with Crippen molar-refractivity contribution in [2.45, 2.75) is 11.8 Å². The number of rotatable bonds is 7. The maximum Gasteiger partial charge on any atom is 0.264 e. The Kier molecular flexibility index (Phi) is 6.33. The number of carbonyl (C=O) groups excluding carboxylic acids is 1. The number of nitrogens with one attached hydrogen (secondary N) is 3. The molecule has 5 rings (SSSR count). The van der Waals surface area contributed by atoms with Crippen LogP contribution in [0.5, 0.6) is 0 Å². The fourth-order valence-corrected chi connectivity index (χ4v) is 4.90. The zero-order valence-electron chi connectivity index (χ0n) is 19.6. The van der Waals surface area contributed by atoms with Gasteiger partial charge in [-0.3, -0.25) is 9.52 Å². The molecule has 3 aromatic carbocycles. The molecule has 0 saturated heterocycles. The van der Waals surface area contributed by atoms with Gasteiger partial charge in [-0.15, -0.1) is 0 Å². The van der Waals surface area contributed by atoms with Gasteiger partial charge < -0.3 is 10.3 Å². The molecule has 2 aromatic heterocycles. The topological polar surface area (TPSA) is 117 Å². The summed E-state index contributed by atoms with van der Waals surface area (Å²) >= 11 is 0. The van der Waals surface area contributed by atoms with Crippen molar-refractivity contribution in [1.82, 2.24) is 15.0 Å². The number of anilines is 3. The van der Waals surface area contributed by atoms with E-state index < -0.39 is 49.4 Å². The Morgan fingerprint density at radius 2 is 1.68 bits per heavy atom. The van der Waals surface area contributed by atoms with E-state index in [1.165, 1.54) is 24.5 Å². The molecule has 0 bridgehead atoms. The minimum absolute atomic E-state index is 0.131. The third kappa shape index (κ3) is 4.68. The Morgan fingerprint density at radius 1 is 0.947 bits per heavy atom. The van der Waals surface area contributed by atoms with Crippen molar-refractivity contribution in [3.8, 4) is 0 Å². The van der Waals surface area contributed by atoms with Gasteiger partial charge in [-0.2, -0.15) is 4.98 Å². The number of benzene rings is 3. The molecule has 0 spiro atoms. The number of aryl methyl sites for hydroxylation is 1. The maximum absolute atomic E-state index is 15.3. The summed E-state index contributed by atoms with van der Waals surface area (Å²) in [4.78, 5) is 23.7. The second-order valence-electron chi connectivity index (χ2n) is 8.30. The number of halogens is 3. The average Bonchev–Trinajstić information content (AvgIpc) is 3.30. The smallest absolute Gasteiger partial charge is 0.264 e. The van der Waals surface area contributed by atoms with E-state index in [0.717, 1.165) is 35.5 Å². The Hall–Kier alpha value is -4.71. The van der Waals surface area contributed by atoms with Gasteiger partial charge in [0.2, 0.25) is 11.7 Å². The first kappa shape index (κ1) is 25.0. The van der Waals surface area contributed by atoms with Crippen LogP contribution in [-0.2, 0) is 10.0 Å². The minimum atomic E-state index is -4.58. The maximum atomic E-state index is 15.3. The highest BCUT2D eigenvalue weighted by atomic mass is 32.2. The predicted octanol–water partition coefficient (Wildman–Crippen LogP) is 5.46.